The van der Waals surface area contributed by atoms with Crippen LogP contribution in [0.25, 0.3) is 0 Å². The molecule has 0 saturated carbocycles. The van der Waals surface area contributed by atoms with Gasteiger partial charge in [-0.2, -0.15) is 13.2 Å². The van der Waals surface area contributed by atoms with E-state index in [0.29, 0.717) is 18.8 Å². The monoisotopic (exact) mass is 359 g/mol. The Balaban J connectivity index is 1.97. The number of urea groups is 1. The van der Waals surface area contributed by atoms with Gasteiger partial charge in [-0.1, -0.05) is 0 Å². The highest BCUT2D eigenvalue weighted by molar-refractivity contribution is 5.95. The highest BCUT2D eigenvalue weighted by Gasteiger charge is 2.43. The summed E-state index contributed by atoms with van der Waals surface area (Å²) in [6.45, 7) is 0.981. The van der Waals surface area contributed by atoms with Gasteiger partial charge in [0.15, 0.2) is 0 Å². The third-order valence-corrected chi connectivity index (χ3v) is 3.84. The third kappa shape index (κ3) is 5.61. The molecular formula is C15H20F3N5O2. The maximum absolute atomic E-state index is 13.3. The smallest absolute Gasteiger partial charge is 0.351 e. The van der Waals surface area contributed by atoms with Crippen LogP contribution in [-0.2, 0) is 0 Å². The maximum Gasteiger partial charge on any atom is 0.405 e. The molecule has 1 fully saturated rings. The van der Waals surface area contributed by atoms with Crippen molar-refractivity contribution in [1.29, 1.82) is 0 Å². The third-order valence-electron chi connectivity index (χ3n) is 3.84. The summed E-state index contributed by atoms with van der Waals surface area (Å²) in [6.07, 6.45) is -4.43. The number of benzene rings is 1. The Labute approximate surface area is 142 Å². The van der Waals surface area contributed by atoms with Gasteiger partial charge in [-0.15, -0.1) is 0 Å². The first-order valence-corrected chi connectivity index (χ1v) is 7.73. The number of amides is 3. The molecule has 1 aromatic carbocycles. The minimum Gasteiger partial charge on any atom is -0.351 e. The largest absolute Gasteiger partial charge is 0.405 e. The van der Waals surface area contributed by atoms with Crippen molar-refractivity contribution in [2.75, 3.05) is 38.0 Å². The summed E-state index contributed by atoms with van der Waals surface area (Å²) < 4.78 is 39.8. The van der Waals surface area contributed by atoms with Crippen LogP contribution in [0.3, 0.4) is 0 Å². The number of nitrogens with zero attached hydrogens (tertiary/aromatic N) is 1. The molecule has 1 heterocycles. The molecule has 1 aromatic rings. The van der Waals surface area contributed by atoms with E-state index in [2.05, 4.69) is 16.0 Å². The first-order chi connectivity index (χ1) is 11.8. The predicted molar refractivity (Wildman–Crippen MR) is 86.3 cm³/mol. The summed E-state index contributed by atoms with van der Waals surface area (Å²) in [7, 11) is 0. The van der Waals surface area contributed by atoms with E-state index in [1.54, 1.807) is 0 Å². The average molecular weight is 359 g/mol. The Bertz CT molecular complexity index is 600. The van der Waals surface area contributed by atoms with Gasteiger partial charge in [0.2, 0.25) is 0 Å². The van der Waals surface area contributed by atoms with Gasteiger partial charge in [0.1, 0.15) is 6.04 Å². The van der Waals surface area contributed by atoms with E-state index >= 15 is 0 Å². The molecule has 1 saturated heterocycles. The fourth-order valence-corrected chi connectivity index (χ4v) is 2.58. The number of halogens is 3. The quantitative estimate of drug-likeness (QED) is 0.623. The molecule has 1 unspecified atom stereocenters. The number of hydrogen-bond acceptors (Lipinski definition) is 4. The van der Waals surface area contributed by atoms with Crippen LogP contribution >= 0.6 is 0 Å². The molecule has 0 spiro atoms. The zero-order chi connectivity index (χ0) is 18.4. The molecule has 0 bridgehead atoms. The highest BCUT2D eigenvalue weighted by Crippen LogP contribution is 2.24. The summed E-state index contributed by atoms with van der Waals surface area (Å²) in [4.78, 5) is 24.1. The summed E-state index contributed by atoms with van der Waals surface area (Å²) >= 11 is 0. The van der Waals surface area contributed by atoms with Crippen molar-refractivity contribution in [3.8, 4) is 0 Å². The second kappa shape index (κ2) is 8.17. The summed E-state index contributed by atoms with van der Waals surface area (Å²) in [5, 5.41) is 7.66. The molecule has 25 heavy (non-hydrogen) atoms. The van der Waals surface area contributed by atoms with Gasteiger partial charge in [-0.05, 0) is 24.3 Å². The van der Waals surface area contributed by atoms with Crippen molar-refractivity contribution in [3.63, 3.8) is 0 Å². The lowest BCUT2D eigenvalue weighted by Gasteiger charge is -2.35. The zero-order valence-corrected chi connectivity index (χ0v) is 13.4. The van der Waals surface area contributed by atoms with E-state index in [1.165, 1.54) is 29.2 Å². The predicted octanol–water partition coefficient (Wildman–Crippen LogP) is 0.743. The van der Waals surface area contributed by atoms with E-state index < -0.39 is 30.7 Å². The normalized spacial score (nSPS) is 16.9. The van der Waals surface area contributed by atoms with Gasteiger partial charge >= 0.3 is 12.2 Å². The molecule has 1 aliphatic rings. The van der Waals surface area contributed by atoms with Crippen molar-refractivity contribution in [2.24, 2.45) is 5.73 Å². The first kappa shape index (κ1) is 19.0. The average Bonchev–Trinajstić information content (AvgIpc) is 2.54. The molecule has 5 N–H and O–H groups in total. The lowest BCUT2D eigenvalue weighted by Crippen LogP contribution is -2.57. The number of primary amides is 1. The van der Waals surface area contributed by atoms with Crippen molar-refractivity contribution in [2.45, 2.75) is 12.2 Å². The Morgan fingerprint density at radius 2 is 1.80 bits per heavy atom. The van der Waals surface area contributed by atoms with Crippen molar-refractivity contribution in [3.05, 3.63) is 29.8 Å². The van der Waals surface area contributed by atoms with Crippen LogP contribution in [0, 0.1) is 0 Å². The topological polar surface area (TPSA) is 99.5 Å². The Hall–Kier alpha value is -2.33. The fourth-order valence-electron chi connectivity index (χ4n) is 2.58. The summed E-state index contributed by atoms with van der Waals surface area (Å²) in [6, 6.07) is 3.20. The maximum atomic E-state index is 13.3. The molecule has 10 heteroatoms. The van der Waals surface area contributed by atoms with Crippen LogP contribution in [0.5, 0.6) is 0 Å². The minimum atomic E-state index is -4.43. The van der Waals surface area contributed by atoms with Crippen LogP contribution in [-0.4, -0.2) is 61.8 Å². The first-order valence-electron chi connectivity index (χ1n) is 7.73. The molecule has 7 nitrogen and oxygen atoms in total. The van der Waals surface area contributed by atoms with Gasteiger partial charge in [-0.3, -0.25) is 9.69 Å². The molecular weight excluding hydrogens is 339 g/mol. The Morgan fingerprint density at radius 1 is 1.20 bits per heavy atom. The van der Waals surface area contributed by atoms with E-state index in [1.807, 2.05) is 0 Å². The number of hydrogen-bond donors (Lipinski definition) is 4. The van der Waals surface area contributed by atoms with Gasteiger partial charge in [0.05, 0.1) is 0 Å². The van der Waals surface area contributed by atoms with Gasteiger partial charge in [0.25, 0.3) is 5.91 Å². The lowest BCUT2D eigenvalue weighted by atomic mass is 10.1. The molecule has 1 aliphatic heterocycles. The van der Waals surface area contributed by atoms with Crippen molar-refractivity contribution in [1.82, 2.24) is 15.5 Å². The molecule has 138 valence electrons. The number of anilines is 1. The van der Waals surface area contributed by atoms with Crippen molar-refractivity contribution < 1.29 is 22.8 Å². The van der Waals surface area contributed by atoms with Crippen LogP contribution in [0.15, 0.2) is 24.3 Å². The number of piperazine rings is 1. The summed E-state index contributed by atoms with van der Waals surface area (Å²) in [5.74, 6) is -0.616. The molecule has 0 aliphatic carbocycles. The number of rotatable bonds is 5. The molecule has 0 aromatic heterocycles. The number of nitrogens with one attached hydrogen (secondary N) is 3. The van der Waals surface area contributed by atoms with Gasteiger partial charge < -0.3 is 21.7 Å². The molecule has 0 radical (unpaired) electrons. The number of carbonyl (C=O) groups excluding carboxylic acids is 2. The van der Waals surface area contributed by atoms with Crippen LogP contribution in [0.2, 0.25) is 0 Å². The minimum absolute atomic E-state index is 0.191. The Kier molecular flexibility index (Phi) is 6.21. The molecule has 3 amide bonds. The van der Waals surface area contributed by atoms with E-state index in [9.17, 15) is 22.8 Å². The summed E-state index contributed by atoms with van der Waals surface area (Å²) in [5.41, 5.74) is 5.55. The number of carbonyl (C=O) groups is 2. The van der Waals surface area contributed by atoms with Crippen LogP contribution in [0.1, 0.15) is 10.4 Å². The van der Waals surface area contributed by atoms with Crippen molar-refractivity contribution >= 4 is 17.6 Å². The zero-order valence-electron chi connectivity index (χ0n) is 13.4. The standard InChI is InChI=1S/C15H20F3N5O2/c16-15(17,18)12(23-7-5-20-6-8-23)9-21-13(24)10-1-3-11(4-2-10)22-14(19)25/h1-4,12,20H,5-9H2,(H,21,24)(H3,19,22,25). The molecule has 2 rings (SSSR count). The molecule has 1 atom stereocenters. The number of alkyl halides is 3. The fraction of sp³-hybridized carbons (Fsp3) is 0.467. The van der Waals surface area contributed by atoms with Gasteiger partial charge in [0, 0.05) is 44.0 Å². The SMILES string of the molecule is NC(=O)Nc1ccc(C(=O)NCC(N2CCNCC2)C(F)(F)F)cc1. The van der Waals surface area contributed by atoms with Gasteiger partial charge in [-0.25, -0.2) is 4.79 Å². The number of nitrogens with two attached hydrogens (primary N) is 1. The van der Waals surface area contributed by atoms with E-state index in [0.717, 1.165) is 0 Å². The van der Waals surface area contributed by atoms with Crippen LogP contribution in [0.4, 0.5) is 23.7 Å². The lowest BCUT2D eigenvalue weighted by molar-refractivity contribution is -0.183. The Morgan fingerprint density at radius 3 is 2.32 bits per heavy atom. The second-order valence-corrected chi connectivity index (χ2v) is 5.62. The van der Waals surface area contributed by atoms with E-state index in [4.69, 9.17) is 5.73 Å². The van der Waals surface area contributed by atoms with E-state index in [-0.39, 0.29) is 18.7 Å². The van der Waals surface area contributed by atoms with Crippen LogP contribution < -0.4 is 21.7 Å². The second-order valence-electron chi connectivity index (χ2n) is 5.62. The highest BCUT2D eigenvalue weighted by atomic mass is 19.4.